The van der Waals surface area contributed by atoms with Gasteiger partial charge in [0.2, 0.25) is 6.29 Å². The average Bonchev–Trinajstić information content (AvgIpc) is 2.50. The van der Waals surface area contributed by atoms with Gasteiger partial charge in [-0.2, -0.15) is 0 Å². The second-order valence-corrected chi connectivity index (χ2v) is 4.98. The SMILES string of the molecule is CC(C)(C)C1OC(=O)C2=C(CCC2)O1. The molecule has 0 amide bonds. The number of esters is 1. The highest BCUT2D eigenvalue weighted by Crippen LogP contribution is 2.37. The van der Waals surface area contributed by atoms with E-state index in [0.717, 1.165) is 30.6 Å². The van der Waals surface area contributed by atoms with Crippen molar-refractivity contribution in [2.45, 2.75) is 46.3 Å². The molecule has 0 aromatic rings. The van der Waals surface area contributed by atoms with E-state index in [1.54, 1.807) is 0 Å². The van der Waals surface area contributed by atoms with E-state index in [1.807, 2.05) is 20.8 Å². The molecule has 0 saturated carbocycles. The highest BCUT2D eigenvalue weighted by Gasteiger charge is 2.38. The molecule has 2 aliphatic rings. The van der Waals surface area contributed by atoms with Gasteiger partial charge in [-0.1, -0.05) is 20.8 Å². The van der Waals surface area contributed by atoms with E-state index in [4.69, 9.17) is 9.47 Å². The second kappa shape index (κ2) is 3.01. The van der Waals surface area contributed by atoms with Gasteiger partial charge in [0.15, 0.2) is 0 Å². The summed E-state index contributed by atoms with van der Waals surface area (Å²) in [6.45, 7) is 6.02. The minimum absolute atomic E-state index is 0.156. The molecular formula is C11H16O3. The van der Waals surface area contributed by atoms with E-state index < -0.39 is 6.29 Å². The van der Waals surface area contributed by atoms with Gasteiger partial charge in [-0.15, -0.1) is 0 Å². The van der Waals surface area contributed by atoms with Crippen molar-refractivity contribution < 1.29 is 14.3 Å². The van der Waals surface area contributed by atoms with E-state index in [9.17, 15) is 4.79 Å². The summed E-state index contributed by atoms with van der Waals surface area (Å²) >= 11 is 0. The van der Waals surface area contributed by atoms with Gasteiger partial charge in [0.1, 0.15) is 5.76 Å². The van der Waals surface area contributed by atoms with Crippen LogP contribution < -0.4 is 0 Å². The Kier molecular flexibility index (Phi) is 2.05. The molecule has 14 heavy (non-hydrogen) atoms. The van der Waals surface area contributed by atoms with Crippen LogP contribution in [0.3, 0.4) is 0 Å². The van der Waals surface area contributed by atoms with Gasteiger partial charge in [-0.05, 0) is 12.8 Å². The zero-order valence-corrected chi connectivity index (χ0v) is 8.92. The lowest BCUT2D eigenvalue weighted by Crippen LogP contribution is -2.37. The van der Waals surface area contributed by atoms with Crippen LogP contribution in [-0.4, -0.2) is 12.3 Å². The molecule has 2 rings (SSSR count). The third-order valence-corrected chi connectivity index (χ3v) is 2.58. The Morgan fingerprint density at radius 1 is 1.21 bits per heavy atom. The van der Waals surface area contributed by atoms with E-state index in [2.05, 4.69) is 0 Å². The third-order valence-electron chi connectivity index (χ3n) is 2.58. The van der Waals surface area contributed by atoms with Crippen molar-refractivity contribution in [3.8, 4) is 0 Å². The third kappa shape index (κ3) is 1.51. The van der Waals surface area contributed by atoms with Crippen LogP contribution in [0.15, 0.2) is 11.3 Å². The first-order valence-electron chi connectivity index (χ1n) is 5.08. The Morgan fingerprint density at radius 3 is 2.57 bits per heavy atom. The number of ether oxygens (including phenoxy) is 2. The van der Waals surface area contributed by atoms with Crippen molar-refractivity contribution in [3.05, 3.63) is 11.3 Å². The molecular weight excluding hydrogens is 180 g/mol. The molecule has 0 spiro atoms. The highest BCUT2D eigenvalue weighted by atomic mass is 16.7. The number of hydrogen-bond donors (Lipinski definition) is 0. The zero-order chi connectivity index (χ0) is 10.3. The molecule has 1 heterocycles. The van der Waals surface area contributed by atoms with Crippen LogP contribution in [0.1, 0.15) is 40.0 Å². The number of carbonyl (C=O) groups is 1. The molecule has 1 aliphatic heterocycles. The fourth-order valence-corrected chi connectivity index (χ4v) is 1.74. The van der Waals surface area contributed by atoms with Crippen molar-refractivity contribution in [2.24, 2.45) is 5.41 Å². The van der Waals surface area contributed by atoms with Gasteiger partial charge in [0.05, 0.1) is 5.57 Å². The molecule has 1 aliphatic carbocycles. The van der Waals surface area contributed by atoms with Crippen LogP contribution in [0.5, 0.6) is 0 Å². The topological polar surface area (TPSA) is 35.5 Å². The first-order valence-corrected chi connectivity index (χ1v) is 5.08. The summed E-state index contributed by atoms with van der Waals surface area (Å²) < 4.78 is 10.9. The van der Waals surface area contributed by atoms with Crippen LogP contribution in [0.4, 0.5) is 0 Å². The Balaban J connectivity index is 2.21. The van der Waals surface area contributed by atoms with E-state index in [1.165, 1.54) is 0 Å². The van der Waals surface area contributed by atoms with Crippen molar-refractivity contribution in [2.75, 3.05) is 0 Å². The van der Waals surface area contributed by atoms with Crippen LogP contribution >= 0.6 is 0 Å². The quantitative estimate of drug-likeness (QED) is 0.558. The van der Waals surface area contributed by atoms with Gasteiger partial charge >= 0.3 is 5.97 Å². The number of rotatable bonds is 0. The Hall–Kier alpha value is -0.990. The summed E-state index contributed by atoms with van der Waals surface area (Å²) in [5, 5.41) is 0. The summed E-state index contributed by atoms with van der Waals surface area (Å²) in [5.74, 6) is 0.685. The lowest BCUT2D eigenvalue weighted by molar-refractivity contribution is -0.196. The molecule has 0 radical (unpaired) electrons. The molecule has 78 valence electrons. The molecule has 0 N–H and O–H groups in total. The van der Waals surface area contributed by atoms with E-state index in [0.29, 0.717) is 0 Å². The van der Waals surface area contributed by atoms with Crippen molar-refractivity contribution >= 4 is 5.97 Å². The van der Waals surface area contributed by atoms with E-state index in [-0.39, 0.29) is 11.4 Å². The molecule has 0 saturated heterocycles. The average molecular weight is 196 g/mol. The maximum absolute atomic E-state index is 11.6. The number of cyclic esters (lactones) is 1. The molecule has 0 fully saturated rings. The summed E-state index contributed by atoms with van der Waals surface area (Å²) in [5.41, 5.74) is 0.599. The fraction of sp³-hybridized carbons (Fsp3) is 0.727. The van der Waals surface area contributed by atoms with Gasteiger partial charge in [0, 0.05) is 11.8 Å². The summed E-state index contributed by atoms with van der Waals surface area (Å²) in [4.78, 5) is 11.6. The minimum Gasteiger partial charge on any atom is -0.458 e. The predicted octanol–water partition coefficient (Wildman–Crippen LogP) is 2.37. The monoisotopic (exact) mass is 196 g/mol. The molecule has 1 atom stereocenters. The first-order chi connectivity index (χ1) is 6.48. The van der Waals surface area contributed by atoms with Crippen molar-refractivity contribution in [1.82, 2.24) is 0 Å². The van der Waals surface area contributed by atoms with Gasteiger partial charge in [0.25, 0.3) is 0 Å². The highest BCUT2D eigenvalue weighted by molar-refractivity contribution is 5.90. The van der Waals surface area contributed by atoms with Gasteiger partial charge in [-0.25, -0.2) is 4.79 Å². The maximum atomic E-state index is 11.6. The maximum Gasteiger partial charge on any atom is 0.340 e. The Bertz CT molecular complexity index is 296. The van der Waals surface area contributed by atoms with Gasteiger partial charge in [-0.3, -0.25) is 0 Å². The lowest BCUT2D eigenvalue weighted by atomic mass is 9.95. The van der Waals surface area contributed by atoms with Crippen molar-refractivity contribution in [1.29, 1.82) is 0 Å². The lowest BCUT2D eigenvalue weighted by Gasteiger charge is -2.33. The standard InChI is InChI=1S/C11H16O3/c1-11(2,3)10-13-8-6-4-5-7(8)9(12)14-10/h10H,4-6H2,1-3H3. The first kappa shape index (κ1) is 9.56. The fourth-order valence-electron chi connectivity index (χ4n) is 1.74. The predicted molar refractivity (Wildman–Crippen MR) is 51.3 cm³/mol. The van der Waals surface area contributed by atoms with Crippen LogP contribution in [0.2, 0.25) is 0 Å². The van der Waals surface area contributed by atoms with Gasteiger partial charge < -0.3 is 9.47 Å². The molecule has 3 nitrogen and oxygen atoms in total. The normalized spacial score (nSPS) is 27.1. The zero-order valence-electron chi connectivity index (χ0n) is 8.92. The smallest absolute Gasteiger partial charge is 0.340 e. The van der Waals surface area contributed by atoms with E-state index >= 15 is 0 Å². The van der Waals surface area contributed by atoms with Crippen LogP contribution in [-0.2, 0) is 14.3 Å². The summed E-state index contributed by atoms with van der Waals surface area (Å²) in [6, 6.07) is 0. The number of carbonyl (C=O) groups excluding carboxylic acids is 1. The minimum atomic E-state index is -0.424. The largest absolute Gasteiger partial charge is 0.458 e. The Morgan fingerprint density at radius 2 is 1.93 bits per heavy atom. The molecule has 0 aromatic carbocycles. The van der Waals surface area contributed by atoms with Crippen LogP contribution in [0.25, 0.3) is 0 Å². The Labute approximate surface area is 84.1 Å². The number of allylic oxidation sites excluding steroid dienone is 1. The molecule has 3 heteroatoms. The van der Waals surface area contributed by atoms with Crippen LogP contribution in [0, 0.1) is 5.41 Å². The molecule has 0 bridgehead atoms. The molecule has 1 unspecified atom stereocenters. The molecule has 0 aromatic heterocycles. The second-order valence-electron chi connectivity index (χ2n) is 4.98. The summed E-state index contributed by atoms with van der Waals surface area (Å²) in [6.07, 6.45) is 2.28. The van der Waals surface area contributed by atoms with Crippen molar-refractivity contribution in [3.63, 3.8) is 0 Å². The summed E-state index contributed by atoms with van der Waals surface area (Å²) in [7, 11) is 0. The number of hydrogen-bond acceptors (Lipinski definition) is 3.